The fourth-order valence-electron chi connectivity index (χ4n) is 4.63. The molecule has 5 rings (SSSR count). The smallest absolute Gasteiger partial charge is 0.254 e. The maximum Gasteiger partial charge on any atom is 0.254 e. The molecule has 0 spiro atoms. The van der Waals surface area contributed by atoms with E-state index in [-0.39, 0.29) is 12.5 Å². The molecular weight excluding hydrogens is 494 g/mol. The summed E-state index contributed by atoms with van der Waals surface area (Å²) in [4.78, 5) is 22.1. The summed E-state index contributed by atoms with van der Waals surface area (Å²) in [5.41, 5.74) is 2.31. The topological polar surface area (TPSA) is 124 Å². The number of aliphatic hydroxyl groups excluding tert-OH is 1. The van der Waals surface area contributed by atoms with Gasteiger partial charge in [-0.1, -0.05) is 23.7 Å². The first-order valence-electron chi connectivity index (χ1n) is 11.5. The number of aromatic nitrogens is 2. The number of nitriles is 1. The molecule has 37 heavy (non-hydrogen) atoms. The van der Waals surface area contributed by atoms with Gasteiger partial charge in [-0.05, 0) is 37.3 Å². The van der Waals surface area contributed by atoms with Crippen LogP contribution in [0.5, 0.6) is 11.5 Å². The van der Waals surface area contributed by atoms with Crippen molar-refractivity contribution in [2.75, 3.05) is 31.0 Å². The van der Waals surface area contributed by atoms with Crippen molar-refractivity contribution in [1.82, 2.24) is 9.97 Å². The largest absolute Gasteiger partial charge is 0.457 e. The summed E-state index contributed by atoms with van der Waals surface area (Å²) in [5, 5.41) is 24.8. The van der Waals surface area contributed by atoms with Gasteiger partial charge in [-0.2, -0.15) is 5.26 Å². The van der Waals surface area contributed by atoms with Crippen molar-refractivity contribution in [3.05, 3.63) is 76.6 Å². The van der Waals surface area contributed by atoms with E-state index in [0.29, 0.717) is 55.6 Å². The Morgan fingerprint density at radius 3 is 2.76 bits per heavy atom. The number of carbonyl (C=O) groups excluding carboxylic acids is 1. The van der Waals surface area contributed by atoms with Gasteiger partial charge in [-0.3, -0.25) is 4.79 Å². The molecule has 10 heteroatoms. The van der Waals surface area contributed by atoms with Crippen LogP contribution in [0.3, 0.4) is 0 Å². The third kappa shape index (κ3) is 4.25. The number of aromatic amines is 1. The molecule has 9 nitrogen and oxygen atoms in total. The molecule has 0 aliphatic carbocycles. The number of hydrogen-bond donors (Lipinski definition) is 3. The van der Waals surface area contributed by atoms with Gasteiger partial charge in [-0.25, -0.2) is 4.98 Å². The third-order valence-electron chi connectivity index (χ3n) is 6.44. The lowest BCUT2D eigenvalue weighted by Gasteiger charge is -2.40. The molecule has 1 unspecified atom stereocenters. The molecule has 1 aliphatic heterocycles. The number of ether oxygens (including phenoxy) is 2. The van der Waals surface area contributed by atoms with E-state index in [9.17, 15) is 9.90 Å². The average Bonchev–Trinajstić information content (AvgIpc) is 3.32. The normalized spacial score (nSPS) is 17.7. The molecule has 188 valence electrons. The van der Waals surface area contributed by atoms with Crippen LogP contribution in [-0.4, -0.2) is 47.3 Å². The maximum atomic E-state index is 13.0. The predicted molar refractivity (Wildman–Crippen MR) is 140 cm³/mol. The number of aliphatic hydroxyl groups is 1. The minimum absolute atomic E-state index is 0.153. The van der Waals surface area contributed by atoms with E-state index in [1.165, 1.54) is 0 Å². The summed E-state index contributed by atoms with van der Waals surface area (Å²) in [7, 11) is 3.23. The molecule has 2 atom stereocenters. The van der Waals surface area contributed by atoms with E-state index in [1.54, 1.807) is 80.8 Å². The third-order valence-corrected chi connectivity index (χ3v) is 6.77. The quantitative estimate of drug-likeness (QED) is 0.337. The van der Waals surface area contributed by atoms with E-state index in [1.807, 2.05) is 0 Å². The van der Waals surface area contributed by atoms with E-state index in [2.05, 4.69) is 21.4 Å². The molecule has 0 bridgehead atoms. The number of nitrogens with zero attached hydrogens (tertiary/aromatic N) is 3. The molecule has 2 aromatic carbocycles. The number of amides is 1. The number of rotatable bonds is 6. The van der Waals surface area contributed by atoms with Crippen LogP contribution >= 0.6 is 11.6 Å². The van der Waals surface area contributed by atoms with Crippen molar-refractivity contribution < 1.29 is 19.4 Å². The second-order valence-electron chi connectivity index (χ2n) is 9.07. The maximum absolute atomic E-state index is 13.0. The highest BCUT2D eigenvalue weighted by Crippen LogP contribution is 2.43. The van der Waals surface area contributed by atoms with Crippen molar-refractivity contribution in [1.29, 1.82) is 5.26 Å². The first-order chi connectivity index (χ1) is 17.8. The Kier molecular flexibility index (Phi) is 6.25. The van der Waals surface area contributed by atoms with Gasteiger partial charge in [0, 0.05) is 31.5 Å². The Morgan fingerprint density at radius 1 is 1.24 bits per heavy atom. The lowest BCUT2D eigenvalue weighted by Crippen LogP contribution is -2.57. The van der Waals surface area contributed by atoms with Gasteiger partial charge in [0.1, 0.15) is 28.8 Å². The second-order valence-corrected chi connectivity index (χ2v) is 9.48. The molecule has 1 aliphatic rings. The number of hydrogen-bond acceptors (Lipinski definition) is 7. The van der Waals surface area contributed by atoms with Crippen molar-refractivity contribution in [3.63, 3.8) is 0 Å². The zero-order chi connectivity index (χ0) is 26.3. The Hall–Kier alpha value is -4.10. The van der Waals surface area contributed by atoms with Gasteiger partial charge in [0.15, 0.2) is 0 Å². The number of benzene rings is 2. The van der Waals surface area contributed by atoms with Gasteiger partial charge < -0.3 is 29.8 Å². The Balaban J connectivity index is 1.52. The summed E-state index contributed by atoms with van der Waals surface area (Å²) >= 11 is 6.59. The number of nitrogens with one attached hydrogen (secondary N) is 2. The zero-order valence-electron chi connectivity index (χ0n) is 20.4. The summed E-state index contributed by atoms with van der Waals surface area (Å²) in [6.45, 7) is 1.93. The lowest BCUT2D eigenvalue weighted by molar-refractivity contribution is -0.124. The first-order valence-corrected chi connectivity index (χ1v) is 11.8. The highest BCUT2D eigenvalue weighted by atomic mass is 35.5. The molecule has 0 saturated heterocycles. The number of fused-ring (bicyclic) bond motifs is 3. The number of anilines is 2. The number of pyridine rings is 1. The molecule has 0 saturated carbocycles. The fourth-order valence-corrected chi connectivity index (χ4v) is 4.90. The van der Waals surface area contributed by atoms with Crippen molar-refractivity contribution in [3.8, 4) is 17.6 Å². The van der Waals surface area contributed by atoms with Gasteiger partial charge in [0.05, 0.1) is 46.2 Å². The molecule has 1 amide bonds. The average molecular weight is 518 g/mol. The molecule has 4 aromatic rings. The molecule has 0 radical (unpaired) electrons. The summed E-state index contributed by atoms with van der Waals surface area (Å²) in [6, 6.07) is 13.9. The fraction of sp³-hybridized carbons (Fsp3) is 0.222. The highest BCUT2D eigenvalue weighted by Gasteiger charge is 2.42. The van der Waals surface area contributed by atoms with Crippen molar-refractivity contribution in [2.45, 2.75) is 18.6 Å². The monoisotopic (exact) mass is 517 g/mol. The molecule has 2 aromatic heterocycles. The van der Waals surface area contributed by atoms with Gasteiger partial charge in [-0.15, -0.1) is 0 Å². The van der Waals surface area contributed by atoms with E-state index >= 15 is 0 Å². The molecule has 3 N–H and O–H groups in total. The van der Waals surface area contributed by atoms with Crippen LogP contribution in [0, 0.1) is 11.3 Å². The lowest BCUT2D eigenvalue weighted by atomic mass is 9.94. The van der Waals surface area contributed by atoms with Crippen molar-refractivity contribution in [2.24, 2.45) is 0 Å². The van der Waals surface area contributed by atoms with Crippen molar-refractivity contribution >= 4 is 39.9 Å². The van der Waals surface area contributed by atoms with Crippen LogP contribution in [0.2, 0.25) is 5.02 Å². The highest BCUT2D eigenvalue weighted by molar-refractivity contribution is 6.31. The summed E-state index contributed by atoms with van der Waals surface area (Å²) in [5.74, 6) is 0.812. The standard InChI is InChI=1S/C27H24ClN5O4/c1-27(14-36-3)26(35)33(2)21-13-31-25-22(23(21)32-27)19(12-30-25)24(34)18-8-7-17(10-20(18)28)37-16-6-4-5-15(9-16)11-29/h4-10,12-13,24,32,34H,14H2,1-3H3,(H,30,31)/t24?,27-/m0/s1. The van der Waals surface area contributed by atoms with Gasteiger partial charge in [0.2, 0.25) is 0 Å². The number of carbonyl (C=O) groups is 1. The molecule has 3 heterocycles. The van der Waals surface area contributed by atoms with E-state index < -0.39 is 11.6 Å². The van der Waals surface area contributed by atoms with Crippen LogP contribution in [0.4, 0.5) is 11.4 Å². The number of methoxy groups -OCH3 is 1. The minimum atomic E-state index is -1.09. The van der Waals surface area contributed by atoms with Gasteiger partial charge in [0.25, 0.3) is 5.91 Å². The minimum Gasteiger partial charge on any atom is -0.457 e. The summed E-state index contributed by atoms with van der Waals surface area (Å²) < 4.78 is 11.2. The van der Waals surface area contributed by atoms with Crippen LogP contribution in [-0.2, 0) is 9.53 Å². The molecule has 0 fully saturated rings. The molecular formula is C27H24ClN5O4. The van der Waals surface area contributed by atoms with Crippen LogP contribution in [0.1, 0.15) is 29.7 Å². The number of halogens is 1. The van der Waals surface area contributed by atoms with Crippen LogP contribution in [0.25, 0.3) is 11.0 Å². The SMILES string of the molecule is COC[C@]1(C)Nc2c(cnc3[nH]cc(C(O)c4ccc(Oc5cccc(C#N)c5)cc4Cl)c23)N(C)C1=O. The Labute approximate surface area is 218 Å². The Morgan fingerprint density at radius 2 is 2.03 bits per heavy atom. The van der Waals surface area contributed by atoms with Crippen LogP contribution in [0.15, 0.2) is 54.9 Å². The number of H-pyrrole nitrogens is 1. The second kappa shape index (κ2) is 9.41. The van der Waals surface area contributed by atoms with Gasteiger partial charge >= 0.3 is 0 Å². The predicted octanol–water partition coefficient (Wildman–Crippen LogP) is 4.76. The summed E-state index contributed by atoms with van der Waals surface area (Å²) in [6.07, 6.45) is 2.20. The van der Waals surface area contributed by atoms with E-state index in [0.717, 1.165) is 0 Å². The number of likely N-dealkylation sites (N-methyl/N-ethyl adjacent to an activating group) is 1. The van der Waals surface area contributed by atoms with Crippen LogP contribution < -0.4 is 15.0 Å². The Bertz CT molecular complexity index is 1560. The van der Waals surface area contributed by atoms with E-state index in [4.69, 9.17) is 26.3 Å². The zero-order valence-corrected chi connectivity index (χ0v) is 21.1. The first kappa shape index (κ1) is 24.6.